The van der Waals surface area contributed by atoms with E-state index in [1.54, 1.807) is 0 Å². The van der Waals surface area contributed by atoms with Crippen molar-refractivity contribution in [3.8, 4) is 11.1 Å². The summed E-state index contributed by atoms with van der Waals surface area (Å²) < 4.78 is 2.65. The van der Waals surface area contributed by atoms with Crippen LogP contribution in [0.25, 0.3) is 54.5 Å². The van der Waals surface area contributed by atoms with Crippen LogP contribution in [0.2, 0.25) is 0 Å². The van der Waals surface area contributed by atoms with Crippen molar-refractivity contribution in [2.75, 3.05) is 0 Å². The maximum absolute atomic E-state index is 2.65. The van der Waals surface area contributed by atoms with Crippen molar-refractivity contribution in [2.24, 2.45) is 0 Å². The molecule has 0 amide bonds. The molecule has 37 heavy (non-hydrogen) atoms. The van der Waals surface area contributed by atoms with Gasteiger partial charge in [0.1, 0.15) is 0 Å². The Kier molecular flexibility index (Phi) is 4.15. The standard InChI is InChI=1S/C35H26BN/c1-21-19-22(2)34(23(3)20-21)36-30-17-15-24-9-4-6-11-26(24)32(30)28-13-8-14-29-33-27-12-7-5-10-25(27)16-18-31(33)37(36)35(28)29/h4-20H,1-3H3. The van der Waals surface area contributed by atoms with Gasteiger partial charge in [0.25, 0.3) is 0 Å². The van der Waals surface area contributed by atoms with E-state index < -0.39 is 0 Å². The number of aryl methyl sites for hydroxylation is 3. The molecular formula is C35H26BN. The third-order valence-electron chi connectivity index (χ3n) is 8.51. The lowest BCUT2D eigenvalue weighted by atomic mass is 9.45. The predicted molar refractivity (Wildman–Crippen MR) is 161 cm³/mol. The van der Waals surface area contributed by atoms with Crippen LogP contribution in [0, 0.1) is 20.8 Å². The quantitative estimate of drug-likeness (QED) is 0.217. The monoisotopic (exact) mass is 471 g/mol. The molecule has 0 N–H and O–H groups in total. The second kappa shape index (κ2) is 7.37. The minimum Gasteiger partial charge on any atom is -0.375 e. The van der Waals surface area contributed by atoms with E-state index >= 15 is 0 Å². The van der Waals surface area contributed by atoms with Gasteiger partial charge in [-0.1, -0.05) is 114 Å². The summed E-state index contributed by atoms with van der Waals surface area (Å²) in [4.78, 5) is 0. The first-order valence-electron chi connectivity index (χ1n) is 13.2. The molecule has 1 aliphatic rings. The molecule has 7 aromatic rings. The molecule has 1 aliphatic heterocycles. The molecule has 1 aromatic heterocycles. The molecule has 1 nitrogen and oxygen atoms in total. The van der Waals surface area contributed by atoms with Gasteiger partial charge in [0.05, 0.1) is 0 Å². The first kappa shape index (κ1) is 20.9. The van der Waals surface area contributed by atoms with E-state index in [9.17, 15) is 0 Å². The van der Waals surface area contributed by atoms with Crippen molar-refractivity contribution < 1.29 is 0 Å². The second-order valence-corrected chi connectivity index (χ2v) is 10.7. The van der Waals surface area contributed by atoms with Crippen molar-refractivity contribution >= 4 is 61.1 Å². The summed E-state index contributed by atoms with van der Waals surface area (Å²) in [6, 6.07) is 38.6. The molecule has 2 heteroatoms. The van der Waals surface area contributed by atoms with Gasteiger partial charge in [-0.2, -0.15) is 0 Å². The highest BCUT2D eigenvalue weighted by Crippen LogP contribution is 2.43. The van der Waals surface area contributed by atoms with Crippen LogP contribution in [0.3, 0.4) is 0 Å². The molecule has 2 heterocycles. The second-order valence-electron chi connectivity index (χ2n) is 10.7. The van der Waals surface area contributed by atoms with Crippen LogP contribution in [0.5, 0.6) is 0 Å². The molecule has 0 radical (unpaired) electrons. The third kappa shape index (κ3) is 2.70. The average molecular weight is 471 g/mol. The molecule has 0 aliphatic carbocycles. The van der Waals surface area contributed by atoms with Crippen LogP contribution < -0.4 is 10.9 Å². The van der Waals surface area contributed by atoms with Crippen LogP contribution in [0.4, 0.5) is 0 Å². The minimum atomic E-state index is 0.108. The molecule has 0 saturated heterocycles. The van der Waals surface area contributed by atoms with E-state index in [4.69, 9.17) is 0 Å². The zero-order chi connectivity index (χ0) is 24.8. The lowest BCUT2D eigenvalue weighted by molar-refractivity contribution is 1.30. The molecule has 174 valence electrons. The van der Waals surface area contributed by atoms with Gasteiger partial charge in [0.15, 0.2) is 0 Å². The summed E-state index contributed by atoms with van der Waals surface area (Å²) in [5.74, 6) is 0. The minimum absolute atomic E-state index is 0.108. The number of hydrogen-bond donors (Lipinski definition) is 0. The number of fused-ring (bicyclic) bond motifs is 9. The fourth-order valence-corrected chi connectivity index (χ4v) is 7.20. The summed E-state index contributed by atoms with van der Waals surface area (Å²) in [6.07, 6.45) is 0. The molecule has 0 bridgehead atoms. The number of para-hydroxylation sites is 1. The number of hydrogen-bond acceptors (Lipinski definition) is 0. The van der Waals surface area contributed by atoms with Gasteiger partial charge in [-0.05, 0) is 64.9 Å². The van der Waals surface area contributed by atoms with E-state index in [0.717, 1.165) is 0 Å². The highest BCUT2D eigenvalue weighted by molar-refractivity contribution is 6.88. The first-order chi connectivity index (χ1) is 18.1. The molecule has 0 spiro atoms. The zero-order valence-corrected chi connectivity index (χ0v) is 21.3. The van der Waals surface area contributed by atoms with E-state index in [1.165, 1.54) is 82.1 Å². The van der Waals surface area contributed by atoms with Gasteiger partial charge < -0.3 is 4.48 Å². The highest BCUT2D eigenvalue weighted by atomic mass is 14.9. The number of benzene rings is 6. The van der Waals surface area contributed by atoms with Gasteiger partial charge in [0.2, 0.25) is 0 Å². The van der Waals surface area contributed by atoms with Crippen LogP contribution in [-0.4, -0.2) is 11.3 Å². The van der Waals surface area contributed by atoms with Crippen molar-refractivity contribution in [3.05, 3.63) is 120 Å². The lowest BCUT2D eigenvalue weighted by Crippen LogP contribution is -2.53. The van der Waals surface area contributed by atoms with Crippen molar-refractivity contribution in [2.45, 2.75) is 20.8 Å². The Balaban J connectivity index is 1.65. The Morgan fingerprint density at radius 2 is 1.24 bits per heavy atom. The Morgan fingerprint density at radius 1 is 0.595 bits per heavy atom. The number of aromatic nitrogens is 1. The van der Waals surface area contributed by atoms with Crippen molar-refractivity contribution in [3.63, 3.8) is 0 Å². The van der Waals surface area contributed by atoms with E-state index in [-0.39, 0.29) is 6.85 Å². The Morgan fingerprint density at radius 3 is 2.03 bits per heavy atom. The average Bonchev–Trinajstić information content (AvgIpc) is 3.25. The Bertz CT molecular complexity index is 2050. The van der Waals surface area contributed by atoms with Gasteiger partial charge >= 0.3 is 6.85 Å². The molecule has 6 aromatic carbocycles. The topological polar surface area (TPSA) is 4.93 Å². The number of nitrogens with zero attached hydrogens (tertiary/aromatic N) is 1. The maximum atomic E-state index is 2.65. The van der Waals surface area contributed by atoms with E-state index in [0.29, 0.717) is 0 Å². The van der Waals surface area contributed by atoms with E-state index in [2.05, 4.69) is 128 Å². The predicted octanol–water partition coefficient (Wildman–Crippen LogP) is 7.66. The van der Waals surface area contributed by atoms with Crippen molar-refractivity contribution in [1.29, 1.82) is 0 Å². The summed E-state index contributed by atoms with van der Waals surface area (Å²) >= 11 is 0. The van der Waals surface area contributed by atoms with Crippen LogP contribution in [0.1, 0.15) is 16.7 Å². The van der Waals surface area contributed by atoms with Crippen LogP contribution in [0.15, 0.2) is 103 Å². The Hall–Kier alpha value is -4.30. The van der Waals surface area contributed by atoms with E-state index in [1.807, 2.05) is 0 Å². The normalized spacial score (nSPS) is 12.7. The smallest absolute Gasteiger partial charge is 0.329 e. The van der Waals surface area contributed by atoms with Gasteiger partial charge in [-0.3, -0.25) is 0 Å². The summed E-state index contributed by atoms with van der Waals surface area (Å²) in [7, 11) is 0. The number of rotatable bonds is 1. The lowest BCUT2D eigenvalue weighted by Gasteiger charge is -2.30. The molecule has 0 fully saturated rings. The first-order valence-corrected chi connectivity index (χ1v) is 13.2. The van der Waals surface area contributed by atoms with Crippen molar-refractivity contribution in [1.82, 2.24) is 4.48 Å². The van der Waals surface area contributed by atoms with Crippen LogP contribution in [-0.2, 0) is 0 Å². The molecular weight excluding hydrogens is 445 g/mol. The summed E-state index contributed by atoms with van der Waals surface area (Å²) in [6.45, 7) is 6.89. The van der Waals surface area contributed by atoms with Crippen LogP contribution >= 0.6 is 0 Å². The summed E-state index contributed by atoms with van der Waals surface area (Å²) in [5, 5.41) is 7.95. The highest BCUT2D eigenvalue weighted by Gasteiger charge is 2.36. The third-order valence-corrected chi connectivity index (χ3v) is 8.51. The molecule has 0 atom stereocenters. The largest absolute Gasteiger partial charge is 0.375 e. The molecule has 8 rings (SSSR count). The maximum Gasteiger partial charge on any atom is 0.329 e. The Labute approximate surface area is 217 Å². The van der Waals surface area contributed by atoms with Gasteiger partial charge in [-0.15, -0.1) is 0 Å². The molecule has 0 unspecified atom stereocenters. The SMILES string of the molecule is Cc1cc(C)c(B2c3ccc4ccccc4c3-c3cccc4c5c6ccccc6ccc5n2c34)c(C)c1. The zero-order valence-electron chi connectivity index (χ0n) is 21.3. The molecule has 0 saturated carbocycles. The van der Waals surface area contributed by atoms with Gasteiger partial charge in [0, 0.05) is 27.4 Å². The fourth-order valence-electron chi connectivity index (χ4n) is 7.20. The summed E-state index contributed by atoms with van der Waals surface area (Å²) in [5.41, 5.74) is 12.2. The van der Waals surface area contributed by atoms with Gasteiger partial charge in [-0.25, -0.2) is 0 Å². The fraction of sp³-hybridized carbons (Fsp3) is 0.0857.